The van der Waals surface area contributed by atoms with E-state index in [0.717, 1.165) is 25.1 Å². The van der Waals surface area contributed by atoms with Crippen LogP contribution in [0.2, 0.25) is 0 Å². The molecule has 0 heterocycles. The Morgan fingerprint density at radius 3 is 2.35 bits per heavy atom. The third-order valence-corrected chi connectivity index (χ3v) is 3.56. The topological polar surface area (TPSA) is 29.3 Å². The Bertz CT molecular complexity index is 555. The Balaban J connectivity index is 1.90. The fraction of sp³-hybridized carbons (Fsp3) is 0.333. The fourth-order valence-corrected chi connectivity index (χ4v) is 2.57. The molecule has 0 saturated heterocycles. The van der Waals surface area contributed by atoms with Crippen molar-refractivity contribution in [2.24, 2.45) is 0 Å². The molecule has 0 fully saturated rings. The van der Waals surface area contributed by atoms with E-state index in [-0.39, 0.29) is 0 Å². The molecule has 0 saturated carbocycles. The number of hydrogen-bond donors (Lipinski definition) is 1. The first-order valence-electron chi connectivity index (χ1n) is 7.18. The molecule has 0 amide bonds. The van der Waals surface area contributed by atoms with Crippen molar-refractivity contribution in [2.45, 2.75) is 26.7 Å². The summed E-state index contributed by atoms with van der Waals surface area (Å²) in [4.78, 5) is 2.33. The van der Waals surface area contributed by atoms with Gasteiger partial charge in [0, 0.05) is 25.0 Å². The molecular weight excluding hydrogens is 244 g/mol. The summed E-state index contributed by atoms with van der Waals surface area (Å²) in [5, 5.41) is 0. The van der Waals surface area contributed by atoms with Gasteiger partial charge in [-0.1, -0.05) is 18.2 Å². The second kappa shape index (κ2) is 6.47. The van der Waals surface area contributed by atoms with Gasteiger partial charge in [-0.15, -0.1) is 0 Å². The molecule has 0 radical (unpaired) electrons. The predicted molar refractivity (Wildman–Crippen MR) is 88.4 cm³/mol. The van der Waals surface area contributed by atoms with Gasteiger partial charge < -0.3 is 10.6 Å². The summed E-state index contributed by atoms with van der Waals surface area (Å²) in [5.41, 5.74) is 11.9. The van der Waals surface area contributed by atoms with Gasteiger partial charge in [0.05, 0.1) is 0 Å². The van der Waals surface area contributed by atoms with Gasteiger partial charge >= 0.3 is 0 Å². The third-order valence-electron chi connectivity index (χ3n) is 3.56. The van der Waals surface area contributed by atoms with E-state index < -0.39 is 0 Å². The van der Waals surface area contributed by atoms with Gasteiger partial charge in [-0.2, -0.15) is 0 Å². The maximum absolute atomic E-state index is 5.80. The highest BCUT2D eigenvalue weighted by Gasteiger charge is 2.03. The zero-order valence-electron chi connectivity index (χ0n) is 12.7. The van der Waals surface area contributed by atoms with E-state index in [1.807, 2.05) is 12.1 Å². The van der Waals surface area contributed by atoms with Crippen LogP contribution in [-0.2, 0) is 6.42 Å². The average molecular weight is 268 g/mol. The summed E-state index contributed by atoms with van der Waals surface area (Å²) in [7, 11) is 2.16. The Labute approximate surface area is 122 Å². The molecule has 2 heteroatoms. The van der Waals surface area contributed by atoms with Gasteiger partial charge in [0.15, 0.2) is 0 Å². The van der Waals surface area contributed by atoms with Gasteiger partial charge in [-0.25, -0.2) is 0 Å². The maximum Gasteiger partial charge on any atom is 0.0368 e. The van der Waals surface area contributed by atoms with E-state index in [1.54, 1.807) is 0 Å². The minimum Gasteiger partial charge on any atom is -0.399 e. The molecule has 2 rings (SSSR count). The lowest BCUT2D eigenvalue weighted by molar-refractivity contribution is 0.785. The number of rotatable bonds is 5. The monoisotopic (exact) mass is 268 g/mol. The summed E-state index contributed by atoms with van der Waals surface area (Å²) in [6.07, 6.45) is 2.20. The predicted octanol–water partition coefficient (Wildman–Crippen LogP) is 3.95. The average Bonchev–Trinajstić information content (AvgIpc) is 2.37. The van der Waals surface area contributed by atoms with E-state index >= 15 is 0 Å². The van der Waals surface area contributed by atoms with Crippen LogP contribution < -0.4 is 10.6 Å². The minimum atomic E-state index is 0.852. The Hall–Kier alpha value is -1.96. The molecule has 2 aromatic rings. The molecule has 0 bridgehead atoms. The van der Waals surface area contributed by atoms with Crippen molar-refractivity contribution >= 4 is 11.4 Å². The zero-order valence-corrected chi connectivity index (χ0v) is 12.7. The molecule has 0 atom stereocenters. The SMILES string of the molecule is Cc1cc(C)cc(N(C)CCCc2cccc(N)c2)c1. The van der Waals surface area contributed by atoms with Crippen LogP contribution in [0.5, 0.6) is 0 Å². The standard InChI is InChI=1S/C18H24N2/c1-14-10-15(2)12-18(11-14)20(3)9-5-7-16-6-4-8-17(19)13-16/h4,6,8,10-13H,5,7,9,19H2,1-3H3. The summed E-state index contributed by atoms with van der Waals surface area (Å²) in [5.74, 6) is 0. The van der Waals surface area contributed by atoms with Gasteiger partial charge in [0.25, 0.3) is 0 Å². The van der Waals surface area contributed by atoms with Crippen molar-refractivity contribution in [3.63, 3.8) is 0 Å². The van der Waals surface area contributed by atoms with Crippen LogP contribution in [-0.4, -0.2) is 13.6 Å². The normalized spacial score (nSPS) is 10.6. The zero-order chi connectivity index (χ0) is 14.5. The van der Waals surface area contributed by atoms with Crippen LogP contribution in [0.15, 0.2) is 42.5 Å². The first kappa shape index (κ1) is 14.4. The molecule has 0 aliphatic rings. The second-order valence-corrected chi connectivity index (χ2v) is 5.62. The number of nitrogens with two attached hydrogens (primary N) is 1. The third kappa shape index (κ3) is 4.02. The Morgan fingerprint density at radius 2 is 1.70 bits per heavy atom. The number of nitrogens with zero attached hydrogens (tertiary/aromatic N) is 1. The van der Waals surface area contributed by atoms with E-state index in [9.17, 15) is 0 Å². The highest BCUT2D eigenvalue weighted by Crippen LogP contribution is 2.18. The van der Waals surface area contributed by atoms with Crippen molar-refractivity contribution in [1.82, 2.24) is 0 Å². The number of aryl methyl sites for hydroxylation is 3. The van der Waals surface area contributed by atoms with Crippen LogP contribution in [0.25, 0.3) is 0 Å². The van der Waals surface area contributed by atoms with Gasteiger partial charge in [0.1, 0.15) is 0 Å². The number of benzene rings is 2. The molecule has 106 valence electrons. The highest BCUT2D eigenvalue weighted by atomic mass is 15.1. The summed E-state index contributed by atoms with van der Waals surface area (Å²) in [6, 6.07) is 14.9. The lowest BCUT2D eigenvalue weighted by atomic mass is 10.1. The second-order valence-electron chi connectivity index (χ2n) is 5.62. The van der Waals surface area contributed by atoms with E-state index in [0.29, 0.717) is 0 Å². The van der Waals surface area contributed by atoms with Gasteiger partial charge in [0.2, 0.25) is 0 Å². The van der Waals surface area contributed by atoms with Crippen LogP contribution in [0.4, 0.5) is 11.4 Å². The maximum atomic E-state index is 5.80. The van der Waals surface area contributed by atoms with Crippen molar-refractivity contribution in [2.75, 3.05) is 24.2 Å². The Kier molecular flexibility index (Phi) is 4.67. The Morgan fingerprint density at radius 1 is 1.00 bits per heavy atom. The molecule has 0 aromatic heterocycles. The molecular formula is C18H24N2. The molecule has 0 aliphatic carbocycles. The van der Waals surface area contributed by atoms with Crippen molar-refractivity contribution < 1.29 is 0 Å². The summed E-state index contributed by atoms with van der Waals surface area (Å²) < 4.78 is 0. The molecule has 2 aromatic carbocycles. The number of hydrogen-bond acceptors (Lipinski definition) is 2. The van der Waals surface area contributed by atoms with Crippen LogP contribution in [0.1, 0.15) is 23.1 Å². The van der Waals surface area contributed by atoms with Crippen molar-refractivity contribution in [3.05, 3.63) is 59.2 Å². The van der Waals surface area contributed by atoms with E-state index in [4.69, 9.17) is 5.73 Å². The van der Waals surface area contributed by atoms with Crippen molar-refractivity contribution in [1.29, 1.82) is 0 Å². The number of anilines is 2. The molecule has 0 aliphatic heterocycles. The van der Waals surface area contributed by atoms with Crippen molar-refractivity contribution in [3.8, 4) is 0 Å². The fourth-order valence-electron chi connectivity index (χ4n) is 2.57. The van der Waals surface area contributed by atoms with Crippen LogP contribution >= 0.6 is 0 Å². The summed E-state index contributed by atoms with van der Waals surface area (Å²) in [6.45, 7) is 5.35. The van der Waals surface area contributed by atoms with E-state index in [1.165, 1.54) is 22.4 Å². The molecule has 2 nitrogen and oxygen atoms in total. The quantitative estimate of drug-likeness (QED) is 0.832. The molecule has 20 heavy (non-hydrogen) atoms. The molecule has 0 unspecified atom stereocenters. The lowest BCUT2D eigenvalue weighted by Gasteiger charge is -2.20. The first-order chi connectivity index (χ1) is 9.54. The van der Waals surface area contributed by atoms with E-state index in [2.05, 4.69) is 56.1 Å². The van der Waals surface area contributed by atoms with Crippen LogP contribution in [0, 0.1) is 13.8 Å². The first-order valence-corrected chi connectivity index (χ1v) is 7.18. The van der Waals surface area contributed by atoms with Gasteiger partial charge in [-0.05, 0) is 67.6 Å². The minimum absolute atomic E-state index is 0.852. The van der Waals surface area contributed by atoms with Crippen LogP contribution in [0.3, 0.4) is 0 Å². The summed E-state index contributed by atoms with van der Waals surface area (Å²) >= 11 is 0. The van der Waals surface area contributed by atoms with Gasteiger partial charge in [-0.3, -0.25) is 0 Å². The molecule has 0 spiro atoms. The largest absolute Gasteiger partial charge is 0.399 e. The molecule has 2 N–H and O–H groups in total. The number of nitrogen functional groups attached to an aromatic ring is 1. The highest BCUT2D eigenvalue weighted by molar-refractivity contribution is 5.50. The lowest BCUT2D eigenvalue weighted by Crippen LogP contribution is -2.19. The smallest absolute Gasteiger partial charge is 0.0368 e.